The Hall–Kier alpha value is -4.32. The second-order valence-corrected chi connectivity index (χ2v) is 9.03. The van der Waals surface area contributed by atoms with E-state index in [-0.39, 0.29) is 11.7 Å². The molecule has 0 bridgehead atoms. The third kappa shape index (κ3) is 3.77. The van der Waals surface area contributed by atoms with E-state index in [4.69, 9.17) is 14.9 Å². The van der Waals surface area contributed by atoms with Crippen molar-refractivity contribution in [2.75, 3.05) is 0 Å². The Balaban J connectivity index is 1.52. The summed E-state index contributed by atoms with van der Waals surface area (Å²) < 4.78 is 10.5. The van der Waals surface area contributed by atoms with Gasteiger partial charge in [-0.05, 0) is 42.7 Å². The molecule has 3 heterocycles. The number of ether oxygens (including phenoxy) is 1. The fraction of sp³-hybridized carbons (Fsp3) is 0.172. The summed E-state index contributed by atoms with van der Waals surface area (Å²) in [5.41, 5.74) is 7.13. The zero-order valence-corrected chi connectivity index (χ0v) is 19.7. The van der Waals surface area contributed by atoms with Crippen LogP contribution >= 0.6 is 0 Å². The van der Waals surface area contributed by atoms with E-state index in [0.717, 1.165) is 51.0 Å². The van der Waals surface area contributed by atoms with E-state index >= 15 is 0 Å². The highest BCUT2D eigenvalue weighted by Gasteiger charge is 2.38. The first kappa shape index (κ1) is 21.2. The van der Waals surface area contributed by atoms with Crippen LogP contribution < -0.4 is 4.74 Å². The van der Waals surface area contributed by atoms with Crippen LogP contribution in [0.5, 0.6) is 17.5 Å². The van der Waals surface area contributed by atoms with Gasteiger partial charge in [0.2, 0.25) is 11.8 Å². The van der Waals surface area contributed by atoms with Crippen LogP contribution in [0, 0.1) is 13.8 Å². The minimum Gasteiger partial charge on any atom is -0.508 e. The Morgan fingerprint density at radius 1 is 0.714 bits per heavy atom. The molecule has 0 radical (unpaired) electrons. The van der Waals surface area contributed by atoms with E-state index in [1.54, 1.807) is 6.07 Å². The van der Waals surface area contributed by atoms with Crippen molar-refractivity contribution in [1.29, 1.82) is 0 Å². The predicted molar refractivity (Wildman–Crippen MR) is 134 cm³/mol. The summed E-state index contributed by atoms with van der Waals surface area (Å²) in [5.74, 6) is 1.54. The highest BCUT2D eigenvalue weighted by molar-refractivity contribution is 5.58. The number of hydrogen-bond acceptors (Lipinski definition) is 4. The van der Waals surface area contributed by atoms with Gasteiger partial charge in [-0.2, -0.15) is 10.2 Å². The topological polar surface area (TPSA) is 65.1 Å². The van der Waals surface area contributed by atoms with Crippen LogP contribution in [0.25, 0.3) is 0 Å². The summed E-state index contributed by atoms with van der Waals surface area (Å²) in [7, 11) is 0. The molecule has 0 saturated carbocycles. The Morgan fingerprint density at radius 2 is 1.23 bits per heavy atom. The number of phenols is 1. The highest BCUT2D eigenvalue weighted by atomic mass is 16.5. The molecule has 1 aliphatic heterocycles. The number of nitrogens with zero attached hydrogens (tertiary/aromatic N) is 4. The maximum Gasteiger partial charge on any atom is 0.224 e. The fourth-order valence-electron chi connectivity index (χ4n) is 5.03. The molecule has 0 amide bonds. The molecule has 1 aliphatic rings. The lowest BCUT2D eigenvalue weighted by Gasteiger charge is -2.26. The maximum absolute atomic E-state index is 10.3. The lowest BCUT2D eigenvalue weighted by atomic mass is 9.83. The van der Waals surface area contributed by atoms with Crippen molar-refractivity contribution >= 4 is 0 Å². The summed E-state index contributed by atoms with van der Waals surface area (Å²) in [6.45, 7) is 5.25. The van der Waals surface area contributed by atoms with Crippen molar-refractivity contribution in [3.63, 3.8) is 0 Å². The Bertz CT molecular complexity index is 1410. The van der Waals surface area contributed by atoms with Crippen molar-refractivity contribution in [2.24, 2.45) is 0 Å². The number of phenolic OH excluding ortho intramolecular Hbond substituents is 1. The van der Waals surface area contributed by atoms with Gasteiger partial charge in [0.15, 0.2) is 0 Å². The van der Waals surface area contributed by atoms with Crippen LogP contribution in [0.2, 0.25) is 0 Å². The van der Waals surface area contributed by atoms with E-state index in [0.29, 0.717) is 13.1 Å². The van der Waals surface area contributed by atoms with Crippen molar-refractivity contribution in [3.05, 3.63) is 124 Å². The first-order chi connectivity index (χ1) is 17.1. The van der Waals surface area contributed by atoms with E-state index < -0.39 is 0 Å². The molecule has 5 aromatic rings. The number of aromatic nitrogens is 4. The van der Waals surface area contributed by atoms with Crippen LogP contribution in [-0.2, 0) is 13.1 Å². The van der Waals surface area contributed by atoms with E-state index in [1.165, 1.54) is 0 Å². The van der Waals surface area contributed by atoms with Gasteiger partial charge in [-0.15, -0.1) is 0 Å². The normalized spacial score (nSPS) is 12.7. The molecule has 0 atom stereocenters. The molecule has 6 heteroatoms. The van der Waals surface area contributed by atoms with Gasteiger partial charge in [-0.3, -0.25) is 0 Å². The first-order valence-corrected chi connectivity index (χ1v) is 11.8. The molecule has 0 aliphatic carbocycles. The van der Waals surface area contributed by atoms with Gasteiger partial charge >= 0.3 is 0 Å². The van der Waals surface area contributed by atoms with Crippen LogP contribution in [-0.4, -0.2) is 24.7 Å². The van der Waals surface area contributed by atoms with Crippen molar-refractivity contribution in [2.45, 2.75) is 32.9 Å². The van der Waals surface area contributed by atoms with Gasteiger partial charge in [0, 0.05) is 17.0 Å². The van der Waals surface area contributed by atoms with Gasteiger partial charge in [-0.1, -0.05) is 72.8 Å². The number of benzene rings is 3. The number of hydrogen-bond donors (Lipinski definition) is 1. The lowest BCUT2D eigenvalue weighted by Crippen LogP contribution is -2.15. The SMILES string of the molecule is Cc1nn(Cc2ccccc2)c2c1C(c1cccc(O)c1)c1c(C)nn(Cc3ccccc3)c1O2. The summed E-state index contributed by atoms with van der Waals surface area (Å²) in [6, 6.07) is 28.0. The zero-order chi connectivity index (χ0) is 23.9. The maximum atomic E-state index is 10.3. The third-order valence-electron chi connectivity index (χ3n) is 6.58. The van der Waals surface area contributed by atoms with Gasteiger partial charge in [0.05, 0.1) is 24.5 Å². The monoisotopic (exact) mass is 462 g/mol. The summed E-state index contributed by atoms with van der Waals surface area (Å²) in [6.07, 6.45) is 0. The highest BCUT2D eigenvalue weighted by Crippen LogP contribution is 2.50. The van der Waals surface area contributed by atoms with E-state index in [2.05, 4.69) is 24.3 Å². The fourth-order valence-corrected chi connectivity index (χ4v) is 5.03. The molecule has 6 rings (SSSR count). The minimum absolute atomic E-state index is 0.144. The second kappa shape index (κ2) is 8.47. The molecule has 174 valence electrons. The van der Waals surface area contributed by atoms with Crippen LogP contribution in [0.3, 0.4) is 0 Å². The van der Waals surface area contributed by atoms with Crippen LogP contribution in [0.1, 0.15) is 45.1 Å². The third-order valence-corrected chi connectivity index (χ3v) is 6.58. The molecule has 35 heavy (non-hydrogen) atoms. The van der Waals surface area contributed by atoms with Crippen molar-refractivity contribution in [3.8, 4) is 17.5 Å². The molecule has 0 unspecified atom stereocenters. The summed E-state index contributed by atoms with van der Waals surface area (Å²) in [5, 5.41) is 20.1. The molecule has 0 spiro atoms. The average Bonchev–Trinajstić information content (AvgIpc) is 3.35. The zero-order valence-electron chi connectivity index (χ0n) is 19.7. The smallest absolute Gasteiger partial charge is 0.224 e. The number of aromatic hydroxyl groups is 1. The Morgan fingerprint density at radius 3 is 1.71 bits per heavy atom. The predicted octanol–water partition coefficient (Wildman–Crippen LogP) is 5.78. The lowest BCUT2D eigenvalue weighted by molar-refractivity contribution is 0.361. The number of rotatable bonds is 5. The molecular formula is C29H26N4O2. The second-order valence-electron chi connectivity index (χ2n) is 9.03. The molecule has 2 aromatic heterocycles. The van der Waals surface area contributed by atoms with E-state index in [1.807, 2.05) is 77.8 Å². The average molecular weight is 463 g/mol. The molecule has 3 aromatic carbocycles. The minimum atomic E-state index is -0.144. The Kier molecular flexibility index (Phi) is 5.14. The molecule has 0 saturated heterocycles. The van der Waals surface area contributed by atoms with Crippen molar-refractivity contribution in [1.82, 2.24) is 19.6 Å². The summed E-state index contributed by atoms with van der Waals surface area (Å²) in [4.78, 5) is 0. The molecular weight excluding hydrogens is 436 g/mol. The van der Waals surface area contributed by atoms with Crippen LogP contribution in [0.4, 0.5) is 0 Å². The van der Waals surface area contributed by atoms with Crippen LogP contribution in [0.15, 0.2) is 84.9 Å². The first-order valence-electron chi connectivity index (χ1n) is 11.8. The largest absolute Gasteiger partial charge is 0.508 e. The molecule has 0 fully saturated rings. The van der Waals surface area contributed by atoms with E-state index in [9.17, 15) is 5.11 Å². The molecule has 1 N–H and O–H groups in total. The summed E-state index contributed by atoms with van der Waals surface area (Å²) >= 11 is 0. The number of aryl methyl sites for hydroxylation is 2. The Labute approximate surface area is 204 Å². The van der Waals surface area contributed by atoms with Crippen molar-refractivity contribution < 1.29 is 9.84 Å². The quantitative estimate of drug-likeness (QED) is 0.352. The van der Waals surface area contributed by atoms with Gasteiger partial charge in [-0.25, -0.2) is 9.36 Å². The van der Waals surface area contributed by atoms with Gasteiger partial charge in [0.25, 0.3) is 0 Å². The van der Waals surface area contributed by atoms with Gasteiger partial charge < -0.3 is 9.84 Å². The van der Waals surface area contributed by atoms with Gasteiger partial charge in [0.1, 0.15) is 5.75 Å². The molecule has 6 nitrogen and oxygen atoms in total. The standard InChI is InChI=1S/C29H26N4O2/c1-19-25-27(23-14-9-15-24(34)16-23)26-20(2)31-33(18-22-12-7-4-8-13-22)29(26)35-28(25)32(30-19)17-21-10-5-3-6-11-21/h3-16,27,34H,17-18H2,1-2H3. The number of fused-ring (bicyclic) bond motifs is 2.